The van der Waals surface area contributed by atoms with E-state index < -0.39 is 0 Å². The van der Waals surface area contributed by atoms with Crippen molar-refractivity contribution in [2.75, 3.05) is 7.11 Å². The molecule has 1 aliphatic rings. The molecule has 1 aliphatic heterocycles. The lowest BCUT2D eigenvalue weighted by Crippen LogP contribution is -2.23. The summed E-state index contributed by atoms with van der Waals surface area (Å²) >= 11 is 0. The van der Waals surface area contributed by atoms with Crippen LogP contribution in [0.1, 0.15) is 27.0 Å². The minimum absolute atomic E-state index is 0.0149. The number of fused-ring (bicyclic) bond motifs is 2. The number of hydrogen-bond donors (Lipinski definition) is 0. The molecule has 0 spiro atoms. The number of rotatable bonds is 4. The molecule has 31 heavy (non-hydrogen) atoms. The molecular weight excluding hydrogens is 391 g/mol. The number of nitrogens with zero attached hydrogens (tertiary/aromatic N) is 2. The summed E-state index contributed by atoms with van der Waals surface area (Å²) in [6.45, 7) is 3.11. The number of halogens is 1. The van der Waals surface area contributed by atoms with Gasteiger partial charge in [-0.05, 0) is 76.3 Å². The average Bonchev–Trinajstić information content (AvgIpc) is 3.11. The number of aryl methyl sites for hydroxylation is 1. The van der Waals surface area contributed by atoms with E-state index in [9.17, 15) is 9.18 Å². The van der Waals surface area contributed by atoms with E-state index in [1.807, 2.05) is 35.2 Å². The molecule has 0 N–H and O–H groups in total. The third kappa shape index (κ3) is 3.22. The van der Waals surface area contributed by atoms with E-state index in [0.29, 0.717) is 24.4 Å². The van der Waals surface area contributed by atoms with Gasteiger partial charge in [0, 0.05) is 31.0 Å². The number of hydrogen-bond acceptors (Lipinski definition) is 3. The molecule has 5 rings (SSSR count). The molecule has 0 aliphatic carbocycles. The molecule has 0 saturated carbocycles. The number of aromatic nitrogens is 1. The number of benzene rings is 3. The van der Waals surface area contributed by atoms with Crippen LogP contribution in [0, 0.1) is 12.7 Å². The van der Waals surface area contributed by atoms with Crippen molar-refractivity contribution in [1.29, 1.82) is 0 Å². The third-order valence-corrected chi connectivity index (χ3v) is 6.01. The standard InChI is InChI=1S/C26H21FN2O2/c1-16-21-8-7-20(31-2)13-22(21)24(18-3-5-19(27)6-4-18)25-23(16)15-29(26(25)30)14-17-9-11-28-12-10-17/h3-13H,14-15H2,1-2H3. The van der Waals surface area contributed by atoms with Crippen molar-refractivity contribution in [1.82, 2.24) is 9.88 Å². The van der Waals surface area contributed by atoms with Gasteiger partial charge >= 0.3 is 0 Å². The van der Waals surface area contributed by atoms with Crippen molar-refractivity contribution >= 4 is 16.7 Å². The van der Waals surface area contributed by atoms with Crippen molar-refractivity contribution in [2.24, 2.45) is 0 Å². The minimum atomic E-state index is -0.306. The van der Waals surface area contributed by atoms with Gasteiger partial charge < -0.3 is 9.64 Å². The van der Waals surface area contributed by atoms with Crippen LogP contribution in [0.2, 0.25) is 0 Å². The number of methoxy groups -OCH3 is 1. The van der Waals surface area contributed by atoms with E-state index in [0.717, 1.165) is 38.6 Å². The van der Waals surface area contributed by atoms with E-state index in [-0.39, 0.29) is 11.7 Å². The van der Waals surface area contributed by atoms with E-state index >= 15 is 0 Å². The Labute approximate surface area is 179 Å². The average molecular weight is 412 g/mol. The van der Waals surface area contributed by atoms with Crippen molar-refractivity contribution in [2.45, 2.75) is 20.0 Å². The predicted molar refractivity (Wildman–Crippen MR) is 118 cm³/mol. The normalized spacial score (nSPS) is 13.0. The number of pyridine rings is 1. The SMILES string of the molecule is COc1ccc2c(C)c3c(c(-c4ccc(F)cc4)c2c1)C(=O)N(Cc1ccncc1)C3. The maximum absolute atomic E-state index is 13.7. The molecule has 4 aromatic rings. The van der Waals surface area contributed by atoms with Crippen LogP contribution in [0.4, 0.5) is 4.39 Å². The molecule has 0 saturated heterocycles. The fourth-order valence-electron chi connectivity index (χ4n) is 4.43. The molecule has 2 heterocycles. The molecule has 0 bridgehead atoms. The van der Waals surface area contributed by atoms with Crippen LogP contribution >= 0.6 is 0 Å². The third-order valence-electron chi connectivity index (χ3n) is 6.01. The van der Waals surface area contributed by atoms with E-state index in [1.165, 1.54) is 12.1 Å². The van der Waals surface area contributed by atoms with Crippen molar-refractivity contribution in [3.63, 3.8) is 0 Å². The molecular formula is C26H21FN2O2. The van der Waals surface area contributed by atoms with Crippen LogP contribution in [-0.4, -0.2) is 22.9 Å². The highest BCUT2D eigenvalue weighted by atomic mass is 19.1. The fraction of sp³-hybridized carbons (Fsp3) is 0.154. The van der Waals surface area contributed by atoms with Gasteiger partial charge in [0.05, 0.1) is 12.7 Å². The van der Waals surface area contributed by atoms with Crippen molar-refractivity contribution in [3.05, 3.63) is 95.1 Å². The zero-order valence-corrected chi connectivity index (χ0v) is 17.4. The minimum Gasteiger partial charge on any atom is -0.497 e. The molecule has 0 unspecified atom stereocenters. The first-order chi connectivity index (χ1) is 15.1. The fourth-order valence-corrected chi connectivity index (χ4v) is 4.43. The topological polar surface area (TPSA) is 42.4 Å². The van der Waals surface area contributed by atoms with Gasteiger partial charge in [-0.15, -0.1) is 0 Å². The van der Waals surface area contributed by atoms with Crippen LogP contribution < -0.4 is 4.74 Å². The summed E-state index contributed by atoms with van der Waals surface area (Å²) in [4.78, 5) is 19.5. The second-order valence-electron chi connectivity index (χ2n) is 7.79. The quantitative estimate of drug-likeness (QED) is 0.444. The Morgan fingerprint density at radius 3 is 2.45 bits per heavy atom. The van der Waals surface area contributed by atoms with Crippen LogP contribution in [0.25, 0.3) is 21.9 Å². The number of ether oxygens (including phenoxy) is 1. The van der Waals surface area contributed by atoms with Crippen molar-refractivity contribution < 1.29 is 13.9 Å². The zero-order chi connectivity index (χ0) is 21.5. The first-order valence-corrected chi connectivity index (χ1v) is 10.1. The molecule has 0 atom stereocenters. The Kier molecular flexibility index (Phi) is 4.66. The Balaban J connectivity index is 1.74. The maximum atomic E-state index is 13.7. The largest absolute Gasteiger partial charge is 0.497 e. The Hall–Kier alpha value is -3.73. The first kappa shape index (κ1) is 19.2. The molecule has 0 radical (unpaired) electrons. The molecule has 5 heteroatoms. The Morgan fingerprint density at radius 2 is 1.74 bits per heavy atom. The molecule has 1 aromatic heterocycles. The highest BCUT2D eigenvalue weighted by molar-refractivity contribution is 6.14. The monoisotopic (exact) mass is 412 g/mol. The highest BCUT2D eigenvalue weighted by Gasteiger charge is 2.33. The van der Waals surface area contributed by atoms with Crippen molar-refractivity contribution in [3.8, 4) is 16.9 Å². The number of carbonyl (C=O) groups excluding carboxylic acids is 1. The maximum Gasteiger partial charge on any atom is 0.255 e. The smallest absolute Gasteiger partial charge is 0.255 e. The molecule has 3 aromatic carbocycles. The van der Waals surface area contributed by atoms with Crippen LogP contribution in [0.5, 0.6) is 5.75 Å². The summed E-state index contributed by atoms with van der Waals surface area (Å²) in [5.41, 5.74) is 5.48. The second kappa shape index (κ2) is 7.51. The van der Waals surface area contributed by atoms with Gasteiger partial charge in [0.2, 0.25) is 0 Å². The number of carbonyl (C=O) groups is 1. The lowest BCUT2D eigenvalue weighted by molar-refractivity contribution is 0.0767. The van der Waals surface area contributed by atoms with Gasteiger partial charge in [0.25, 0.3) is 5.91 Å². The molecule has 0 fully saturated rings. The number of amides is 1. The van der Waals surface area contributed by atoms with E-state index in [4.69, 9.17) is 4.74 Å². The summed E-state index contributed by atoms with van der Waals surface area (Å²) in [6.07, 6.45) is 3.47. The summed E-state index contributed by atoms with van der Waals surface area (Å²) < 4.78 is 19.1. The summed E-state index contributed by atoms with van der Waals surface area (Å²) in [7, 11) is 1.63. The summed E-state index contributed by atoms with van der Waals surface area (Å²) in [5.74, 6) is 0.397. The zero-order valence-electron chi connectivity index (χ0n) is 17.4. The van der Waals surface area contributed by atoms with Crippen LogP contribution in [-0.2, 0) is 13.1 Å². The molecule has 154 valence electrons. The van der Waals surface area contributed by atoms with E-state index in [2.05, 4.69) is 11.9 Å². The Bertz CT molecular complexity index is 1300. The Morgan fingerprint density at radius 1 is 1.00 bits per heavy atom. The summed E-state index contributed by atoms with van der Waals surface area (Å²) in [6, 6.07) is 16.1. The van der Waals surface area contributed by atoms with Gasteiger partial charge in [-0.2, -0.15) is 0 Å². The predicted octanol–water partition coefficient (Wildman–Crippen LogP) is 5.51. The van der Waals surface area contributed by atoms with Gasteiger partial charge in [-0.1, -0.05) is 18.2 Å². The second-order valence-corrected chi connectivity index (χ2v) is 7.79. The van der Waals surface area contributed by atoms with Gasteiger partial charge in [-0.25, -0.2) is 4.39 Å². The van der Waals surface area contributed by atoms with Crippen LogP contribution in [0.15, 0.2) is 67.0 Å². The lowest BCUT2D eigenvalue weighted by Gasteiger charge is -2.16. The van der Waals surface area contributed by atoms with Crippen LogP contribution in [0.3, 0.4) is 0 Å². The highest BCUT2D eigenvalue weighted by Crippen LogP contribution is 2.42. The van der Waals surface area contributed by atoms with Gasteiger partial charge in [0.15, 0.2) is 0 Å². The van der Waals surface area contributed by atoms with E-state index in [1.54, 1.807) is 31.6 Å². The first-order valence-electron chi connectivity index (χ1n) is 10.1. The van der Waals surface area contributed by atoms with Gasteiger partial charge in [0.1, 0.15) is 11.6 Å². The van der Waals surface area contributed by atoms with Gasteiger partial charge in [-0.3, -0.25) is 9.78 Å². The summed E-state index contributed by atoms with van der Waals surface area (Å²) in [5, 5.41) is 2.00. The lowest BCUT2D eigenvalue weighted by atomic mass is 9.87. The molecule has 1 amide bonds. The molecule has 4 nitrogen and oxygen atoms in total.